The van der Waals surface area contributed by atoms with Gasteiger partial charge in [0.1, 0.15) is 17.2 Å². The lowest BCUT2D eigenvalue weighted by Crippen LogP contribution is -2.43. The largest absolute Gasteiger partial charge is 0.497 e. The predicted molar refractivity (Wildman–Crippen MR) is 160 cm³/mol. The van der Waals surface area contributed by atoms with E-state index in [1.54, 1.807) is 85.1 Å². The van der Waals surface area contributed by atoms with Crippen LogP contribution in [0, 0.1) is 5.41 Å². The molecule has 214 valence electrons. The maximum atomic E-state index is 14.9. The van der Waals surface area contributed by atoms with Gasteiger partial charge in [-0.15, -0.1) is 0 Å². The van der Waals surface area contributed by atoms with Crippen LogP contribution in [-0.2, 0) is 0 Å². The monoisotopic (exact) mass is 572 g/mol. The lowest BCUT2D eigenvalue weighted by molar-refractivity contribution is 0.0586. The summed E-state index contributed by atoms with van der Waals surface area (Å²) in [7, 11) is 4.62. The molecule has 3 aliphatic rings. The van der Waals surface area contributed by atoms with Crippen LogP contribution in [0.3, 0.4) is 0 Å². The van der Waals surface area contributed by atoms with Crippen LogP contribution < -0.4 is 14.2 Å². The Morgan fingerprint density at radius 1 is 0.767 bits per heavy atom. The number of hydrogen-bond acceptors (Lipinski definition) is 8. The molecule has 0 saturated carbocycles. The fourth-order valence-corrected chi connectivity index (χ4v) is 7.12. The summed E-state index contributed by atoms with van der Waals surface area (Å²) in [4.78, 5) is 44.4. The second-order valence-electron chi connectivity index (χ2n) is 10.9. The Bertz CT molecular complexity index is 1790. The van der Waals surface area contributed by atoms with Crippen molar-refractivity contribution < 1.29 is 28.6 Å². The van der Waals surface area contributed by atoms with Gasteiger partial charge in [-0.2, -0.15) is 5.10 Å². The Hall–Kier alpha value is -5.24. The Balaban J connectivity index is 1.54. The molecule has 7 rings (SSSR count). The van der Waals surface area contributed by atoms with Gasteiger partial charge in [0.25, 0.3) is 0 Å². The van der Waals surface area contributed by atoms with Gasteiger partial charge >= 0.3 is 0 Å². The molecule has 1 spiro atoms. The topological polar surface area (TPSA) is 94.5 Å². The van der Waals surface area contributed by atoms with Crippen LogP contribution in [0.15, 0.2) is 96.1 Å². The molecule has 0 unspecified atom stereocenters. The fourth-order valence-electron chi connectivity index (χ4n) is 7.12. The molecule has 2 aliphatic heterocycles. The fraction of sp³-hybridized carbons (Fsp3) is 0.200. The molecule has 8 nitrogen and oxygen atoms in total. The number of nitrogens with zero attached hydrogens (tertiary/aromatic N) is 2. The minimum Gasteiger partial charge on any atom is -0.497 e. The summed E-state index contributed by atoms with van der Waals surface area (Å²) >= 11 is 0. The molecule has 0 radical (unpaired) electrons. The van der Waals surface area contributed by atoms with Crippen molar-refractivity contribution in [3.63, 3.8) is 0 Å². The molecule has 0 amide bonds. The van der Waals surface area contributed by atoms with E-state index >= 15 is 0 Å². The van der Waals surface area contributed by atoms with Crippen molar-refractivity contribution >= 4 is 23.6 Å². The standard InChI is InChI=1S/C35H28N2O6/c1-41-23-15-12-20(13-16-23)31(38)30-29(21-14-17-27(42-2)28(18-21)43-3)35(33(39)25-10-6-7-11-26(25)34(35)40)32-24-9-5-4-8-22(24)19-36-37(30)32/h4-19,29-30,32H,1-3H3/t29-,30-,32-/m1/s1. The molecular formula is C35H28N2O6. The van der Waals surface area contributed by atoms with Crippen LogP contribution in [0.5, 0.6) is 17.2 Å². The highest BCUT2D eigenvalue weighted by Crippen LogP contribution is 2.65. The normalized spacial score (nSPS) is 20.9. The van der Waals surface area contributed by atoms with E-state index in [1.807, 2.05) is 24.3 Å². The van der Waals surface area contributed by atoms with Gasteiger partial charge in [0.05, 0.1) is 33.6 Å². The Kier molecular flexibility index (Phi) is 6.16. The minimum atomic E-state index is -1.68. The number of hydrazone groups is 1. The molecule has 1 aliphatic carbocycles. The summed E-state index contributed by atoms with van der Waals surface area (Å²) in [6.07, 6.45) is 1.70. The third-order valence-electron chi connectivity index (χ3n) is 8.99. The highest BCUT2D eigenvalue weighted by atomic mass is 16.5. The molecule has 1 saturated heterocycles. The molecule has 0 bridgehead atoms. The first-order valence-corrected chi connectivity index (χ1v) is 14.0. The van der Waals surface area contributed by atoms with Crippen LogP contribution in [0.4, 0.5) is 0 Å². The van der Waals surface area contributed by atoms with E-state index in [9.17, 15) is 14.4 Å². The zero-order valence-corrected chi connectivity index (χ0v) is 23.8. The van der Waals surface area contributed by atoms with Gasteiger partial charge in [-0.3, -0.25) is 19.4 Å². The third-order valence-corrected chi connectivity index (χ3v) is 8.99. The van der Waals surface area contributed by atoms with Gasteiger partial charge in [-0.05, 0) is 53.1 Å². The molecule has 8 heteroatoms. The van der Waals surface area contributed by atoms with Crippen molar-refractivity contribution in [2.75, 3.05) is 21.3 Å². The molecule has 1 fully saturated rings. The van der Waals surface area contributed by atoms with Crippen molar-refractivity contribution in [3.8, 4) is 17.2 Å². The van der Waals surface area contributed by atoms with E-state index in [-0.39, 0.29) is 17.3 Å². The van der Waals surface area contributed by atoms with Gasteiger partial charge in [0.15, 0.2) is 28.8 Å². The Labute approximate surface area is 248 Å². The number of benzene rings is 4. The lowest BCUT2D eigenvalue weighted by atomic mass is 9.63. The van der Waals surface area contributed by atoms with Gasteiger partial charge in [0.2, 0.25) is 0 Å². The van der Waals surface area contributed by atoms with Crippen molar-refractivity contribution in [2.24, 2.45) is 10.5 Å². The Morgan fingerprint density at radius 3 is 2.07 bits per heavy atom. The van der Waals surface area contributed by atoms with Gasteiger partial charge in [-0.25, -0.2) is 0 Å². The van der Waals surface area contributed by atoms with Crippen molar-refractivity contribution in [1.29, 1.82) is 0 Å². The first kappa shape index (κ1) is 26.6. The molecule has 0 N–H and O–H groups in total. The van der Waals surface area contributed by atoms with Gasteiger partial charge in [0, 0.05) is 22.6 Å². The quantitative estimate of drug-likeness (QED) is 0.222. The van der Waals surface area contributed by atoms with E-state index in [0.717, 1.165) is 11.1 Å². The summed E-state index contributed by atoms with van der Waals surface area (Å²) in [6.45, 7) is 0. The summed E-state index contributed by atoms with van der Waals surface area (Å²) in [5.41, 5.74) is 1.60. The lowest BCUT2D eigenvalue weighted by Gasteiger charge is -2.36. The SMILES string of the molecule is COc1ccc(C(=O)[C@H]2[C@@H](c3ccc(OC)c(OC)c3)C3(C(=O)c4ccccc4C3=O)[C@H]3c4ccccc4C=NN23)cc1. The van der Waals surface area contributed by atoms with E-state index < -0.39 is 23.4 Å². The van der Waals surface area contributed by atoms with Crippen LogP contribution in [0.2, 0.25) is 0 Å². The summed E-state index contributed by atoms with van der Waals surface area (Å²) in [5, 5.41) is 6.48. The highest BCUT2D eigenvalue weighted by Gasteiger charge is 2.72. The van der Waals surface area contributed by atoms with Crippen molar-refractivity contribution in [1.82, 2.24) is 5.01 Å². The van der Waals surface area contributed by atoms with Crippen LogP contribution in [-0.4, -0.2) is 55.9 Å². The molecule has 3 atom stereocenters. The van der Waals surface area contributed by atoms with Gasteiger partial charge in [-0.1, -0.05) is 54.6 Å². The summed E-state index contributed by atoms with van der Waals surface area (Å²) in [5.74, 6) is -0.297. The van der Waals surface area contributed by atoms with E-state index in [2.05, 4.69) is 0 Å². The number of carbonyl (C=O) groups is 3. The average Bonchev–Trinajstić information content (AvgIpc) is 3.50. The summed E-state index contributed by atoms with van der Waals surface area (Å²) in [6, 6.07) is 24.8. The second kappa shape index (κ2) is 9.94. The molecular weight excluding hydrogens is 544 g/mol. The maximum absolute atomic E-state index is 14.9. The number of rotatable bonds is 6. The second-order valence-corrected chi connectivity index (χ2v) is 10.9. The molecule has 4 aromatic carbocycles. The Morgan fingerprint density at radius 2 is 1.42 bits per heavy atom. The number of methoxy groups -OCH3 is 3. The number of fused-ring (bicyclic) bond motifs is 5. The zero-order chi connectivity index (χ0) is 29.9. The predicted octanol–water partition coefficient (Wildman–Crippen LogP) is 5.52. The number of carbonyl (C=O) groups excluding carboxylic acids is 3. The molecule has 2 heterocycles. The van der Waals surface area contributed by atoms with Crippen molar-refractivity contribution in [2.45, 2.75) is 18.0 Å². The van der Waals surface area contributed by atoms with E-state index in [1.165, 1.54) is 14.2 Å². The van der Waals surface area contributed by atoms with Crippen LogP contribution >= 0.6 is 0 Å². The highest BCUT2D eigenvalue weighted by molar-refractivity contribution is 6.31. The molecule has 43 heavy (non-hydrogen) atoms. The van der Waals surface area contributed by atoms with Gasteiger partial charge < -0.3 is 14.2 Å². The van der Waals surface area contributed by atoms with E-state index in [4.69, 9.17) is 19.3 Å². The molecule has 4 aromatic rings. The van der Waals surface area contributed by atoms with Crippen molar-refractivity contribution in [3.05, 3.63) is 124 Å². The summed E-state index contributed by atoms with van der Waals surface area (Å²) < 4.78 is 16.5. The number of ketones is 3. The maximum Gasteiger partial charge on any atom is 0.187 e. The first-order chi connectivity index (χ1) is 20.9. The molecule has 0 aromatic heterocycles. The van der Waals surface area contributed by atoms with E-state index in [0.29, 0.717) is 39.5 Å². The number of ether oxygens (including phenoxy) is 3. The number of hydrogen-bond donors (Lipinski definition) is 0. The smallest absolute Gasteiger partial charge is 0.187 e. The third kappa shape index (κ3) is 3.62. The average molecular weight is 573 g/mol. The number of Topliss-reactive ketones (excluding diaryl/α,β-unsaturated/α-hetero) is 3. The zero-order valence-electron chi connectivity index (χ0n) is 23.8. The van der Waals surface area contributed by atoms with Crippen LogP contribution in [0.25, 0.3) is 0 Å². The first-order valence-electron chi connectivity index (χ1n) is 14.0. The van der Waals surface area contributed by atoms with Crippen LogP contribution in [0.1, 0.15) is 59.7 Å². The minimum absolute atomic E-state index is 0.266.